The summed E-state index contributed by atoms with van der Waals surface area (Å²) in [4.78, 5) is 3.57. The maximum absolute atomic E-state index is 5.86. The van der Waals surface area contributed by atoms with E-state index in [1.165, 1.54) is 38.5 Å². The number of ether oxygens (including phenoxy) is 1. The Morgan fingerprint density at radius 3 is 2.67 bits per heavy atom. The molecule has 21 heavy (non-hydrogen) atoms. The molecule has 0 saturated carbocycles. The molecule has 5 rings (SSSR count). The van der Waals surface area contributed by atoms with Gasteiger partial charge in [-0.2, -0.15) is 0 Å². The summed E-state index contributed by atoms with van der Waals surface area (Å²) >= 11 is 0. The minimum absolute atomic E-state index is 0.607. The molecule has 3 aromatic carbocycles. The number of hydrogen-bond acceptors (Lipinski definition) is 1. The Bertz CT molecular complexity index is 997. The maximum Gasteiger partial charge on any atom is 0.129 e. The van der Waals surface area contributed by atoms with Gasteiger partial charge in [0, 0.05) is 21.9 Å². The molecule has 0 atom stereocenters. The van der Waals surface area contributed by atoms with Gasteiger partial charge in [0.25, 0.3) is 0 Å². The number of nitrogens with one attached hydrogen (secondary N) is 1. The zero-order valence-corrected chi connectivity index (χ0v) is 11.4. The molecule has 0 saturated heterocycles. The van der Waals surface area contributed by atoms with E-state index in [0.29, 0.717) is 6.61 Å². The van der Waals surface area contributed by atoms with Crippen molar-refractivity contribution in [1.82, 2.24) is 4.98 Å². The van der Waals surface area contributed by atoms with Gasteiger partial charge in [0.05, 0.1) is 11.2 Å². The third-order valence-electron chi connectivity index (χ3n) is 4.30. The van der Waals surface area contributed by atoms with Gasteiger partial charge in [-0.05, 0) is 11.5 Å². The molecule has 1 aliphatic rings. The first-order chi connectivity index (χ1) is 10.4. The summed E-state index contributed by atoms with van der Waals surface area (Å²) in [6, 6.07) is 21.2. The molecule has 1 aromatic heterocycles. The first kappa shape index (κ1) is 11.0. The van der Waals surface area contributed by atoms with E-state index in [4.69, 9.17) is 4.74 Å². The lowest BCUT2D eigenvalue weighted by molar-refractivity contribution is 0.298. The van der Waals surface area contributed by atoms with Crippen molar-refractivity contribution in [3.63, 3.8) is 0 Å². The first-order valence-electron chi connectivity index (χ1n) is 7.16. The van der Waals surface area contributed by atoms with E-state index >= 15 is 0 Å². The maximum atomic E-state index is 5.86. The van der Waals surface area contributed by atoms with Crippen LogP contribution in [0.1, 0.15) is 5.69 Å². The fraction of sp³-hybridized carbons (Fsp3) is 0.0526. The van der Waals surface area contributed by atoms with Gasteiger partial charge in [-0.1, -0.05) is 54.6 Å². The molecule has 0 radical (unpaired) electrons. The predicted molar refractivity (Wildman–Crippen MR) is 85.6 cm³/mol. The predicted octanol–water partition coefficient (Wildman–Crippen LogP) is 4.88. The topological polar surface area (TPSA) is 25.0 Å². The molecule has 2 nitrogen and oxygen atoms in total. The van der Waals surface area contributed by atoms with Gasteiger partial charge >= 0.3 is 0 Å². The summed E-state index contributed by atoms with van der Waals surface area (Å²) in [6.07, 6.45) is 0. The third-order valence-corrected chi connectivity index (χ3v) is 4.30. The van der Waals surface area contributed by atoms with Crippen molar-refractivity contribution in [2.24, 2.45) is 0 Å². The first-order valence-corrected chi connectivity index (χ1v) is 7.16. The van der Waals surface area contributed by atoms with Crippen LogP contribution < -0.4 is 4.74 Å². The average Bonchev–Trinajstić information content (AvgIpc) is 2.94. The van der Waals surface area contributed by atoms with Gasteiger partial charge in [0.15, 0.2) is 0 Å². The van der Waals surface area contributed by atoms with Crippen LogP contribution >= 0.6 is 0 Å². The Morgan fingerprint density at radius 1 is 0.810 bits per heavy atom. The standard InChI is InChI=1S/C19H13NO/c1-2-6-13-12(5-1)9-10-15-18-14-7-3-4-8-17(14)21-11-16(18)20-19(13)15/h1-10,20H,11H2. The molecule has 1 aliphatic heterocycles. The molecule has 2 heteroatoms. The fourth-order valence-corrected chi connectivity index (χ4v) is 3.36. The second kappa shape index (κ2) is 3.89. The van der Waals surface area contributed by atoms with E-state index in [0.717, 1.165) is 5.75 Å². The lowest BCUT2D eigenvalue weighted by Crippen LogP contribution is -2.04. The zero-order chi connectivity index (χ0) is 13.8. The highest BCUT2D eigenvalue weighted by Crippen LogP contribution is 2.43. The summed E-state index contributed by atoms with van der Waals surface area (Å²) in [5.41, 5.74) is 4.84. The van der Waals surface area contributed by atoms with E-state index in [-0.39, 0.29) is 0 Å². The van der Waals surface area contributed by atoms with Crippen LogP contribution in [0.25, 0.3) is 32.8 Å². The van der Waals surface area contributed by atoms with Crippen molar-refractivity contribution < 1.29 is 4.74 Å². The molecule has 0 fully saturated rings. The van der Waals surface area contributed by atoms with Crippen LogP contribution in [-0.2, 0) is 6.61 Å². The highest BCUT2D eigenvalue weighted by atomic mass is 16.5. The summed E-state index contributed by atoms with van der Waals surface area (Å²) in [5.74, 6) is 0.971. The monoisotopic (exact) mass is 271 g/mol. The van der Waals surface area contributed by atoms with Gasteiger partial charge < -0.3 is 9.72 Å². The zero-order valence-electron chi connectivity index (χ0n) is 11.4. The number of fused-ring (bicyclic) bond motifs is 7. The summed E-state index contributed by atoms with van der Waals surface area (Å²) in [5, 5.41) is 3.80. The molecular weight excluding hydrogens is 258 g/mol. The van der Waals surface area contributed by atoms with Crippen LogP contribution in [0.2, 0.25) is 0 Å². The molecule has 0 aliphatic carbocycles. The lowest BCUT2D eigenvalue weighted by Gasteiger charge is -2.17. The van der Waals surface area contributed by atoms with Crippen molar-refractivity contribution >= 4 is 21.7 Å². The van der Waals surface area contributed by atoms with Crippen molar-refractivity contribution in [2.45, 2.75) is 6.61 Å². The Hall–Kier alpha value is -2.74. The second-order valence-electron chi connectivity index (χ2n) is 5.47. The fourth-order valence-electron chi connectivity index (χ4n) is 3.36. The number of benzene rings is 3. The number of hydrogen-bond donors (Lipinski definition) is 1. The van der Waals surface area contributed by atoms with Crippen LogP contribution in [0, 0.1) is 0 Å². The molecule has 0 spiro atoms. The van der Waals surface area contributed by atoms with E-state index in [1.807, 2.05) is 12.1 Å². The largest absolute Gasteiger partial charge is 0.487 e. The third kappa shape index (κ3) is 1.42. The SMILES string of the molecule is c1ccc2c(c1)OCc1[nH]c3c(ccc4ccccc43)c1-2. The van der Waals surface area contributed by atoms with E-state index in [1.54, 1.807) is 0 Å². The molecule has 0 amide bonds. The Morgan fingerprint density at radius 2 is 1.67 bits per heavy atom. The highest BCUT2D eigenvalue weighted by molar-refractivity contribution is 6.12. The number of aromatic nitrogens is 1. The minimum Gasteiger partial charge on any atom is -0.487 e. The van der Waals surface area contributed by atoms with E-state index in [2.05, 4.69) is 53.5 Å². The molecule has 4 aromatic rings. The van der Waals surface area contributed by atoms with Gasteiger partial charge in [0.1, 0.15) is 12.4 Å². The molecule has 0 unspecified atom stereocenters. The highest BCUT2D eigenvalue weighted by Gasteiger charge is 2.22. The molecular formula is C19H13NO. The van der Waals surface area contributed by atoms with Crippen molar-refractivity contribution in [3.8, 4) is 16.9 Å². The number of H-pyrrole nitrogens is 1. The van der Waals surface area contributed by atoms with Gasteiger partial charge in [-0.3, -0.25) is 0 Å². The molecule has 2 heterocycles. The van der Waals surface area contributed by atoms with Gasteiger partial charge in [-0.15, -0.1) is 0 Å². The van der Waals surface area contributed by atoms with Crippen LogP contribution in [0.15, 0.2) is 60.7 Å². The summed E-state index contributed by atoms with van der Waals surface area (Å²) in [7, 11) is 0. The summed E-state index contributed by atoms with van der Waals surface area (Å²) in [6.45, 7) is 0.607. The minimum atomic E-state index is 0.607. The van der Waals surface area contributed by atoms with Crippen LogP contribution in [0.5, 0.6) is 5.75 Å². The van der Waals surface area contributed by atoms with Crippen LogP contribution in [0.3, 0.4) is 0 Å². The number of aromatic amines is 1. The van der Waals surface area contributed by atoms with Crippen LogP contribution in [-0.4, -0.2) is 4.98 Å². The Labute approximate surface area is 122 Å². The number of para-hydroxylation sites is 1. The van der Waals surface area contributed by atoms with E-state index in [9.17, 15) is 0 Å². The quantitative estimate of drug-likeness (QED) is 0.484. The normalized spacial score (nSPS) is 13.0. The second-order valence-corrected chi connectivity index (χ2v) is 5.47. The molecule has 0 bridgehead atoms. The van der Waals surface area contributed by atoms with Crippen LogP contribution in [0.4, 0.5) is 0 Å². The molecule has 1 N–H and O–H groups in total. The van der Waals surface area contributed by atoms with Crippen molar-refractivity contribution in [2.75, 3.05) is 0 Å². The average molecular weight is 271 g/mol. The smallest absolute Gasteiger partial charge is 0.129 e. The Balaban J connectivity index is 1.95. The van der Waals surface area contributed by atoms with Crippen molar-refractivity contribution in [3.05, 3.63) is 66.4 Å². The van der Waals surface area contributed by atoms with Gasteiger partial charge in [-0.25, -0.2) is 0 Å². The lowest BCUT2D eigenvalue weighted by atomic mass is 9.98. The van der Waals surface area contributed by atoms with E-state index < -0.39 is 0 Å². The Kier molecular flexibility index (Phi) is 2.03. The molecule has 100 valence electrons. The van der Waals surface area contributed by atoms with Crippen molar-refractivity contribution in [1.29, 1.82) is 0 Å². The van der Waals surface area contributed by atoms with Gasteiger partial charge in [0.2, 0.25) is 0 Å². The number of rotatable bonds is 0. The summed E-state index contributed by atoms with van der Waals surface area (Å²) < 4.78 is 5.86.